The molecule has 0 saturated carbocycles. The van der Waals surface area contributed by atoms with E-state index in [1.165, 1.54) is 0 Å². The van der Waals surface area contributed by atoms with Crippen molar-refractivity contribution >= 4 is 21.9 Å². The lowest BCUT2D eigenvalue weighted by molar-refractivity contribution is -0.122. The van der Waals surface area contributed by atoms with Gasteiger partial charge in [-0.15, -0.1) is 0 Å². The van der Waals surface area contributed by atoms with Crippen LogP contribution in [0.3, 0.4) is 0 Å². The average Bonchev–Trinajstić information content (AvgIpc) is 2.22. The third kappa shape index (κ3) is 16.5. The number of nitrogens with one attached hydrogen (secondary N) is 1. The van der Waals surface area contributed by atoms with Crippen molar-refractivity contribution in [3.8, 4) is 0 Å². The molecule has 0 aliphatic rings. The number of primary amides is 1. The van der Waals surface area contributed by atoms with E-state index >= 15 is 0 Å². The number of hydrogen-bond donors (Lipinski definition) is 3. The highest BCUT2D eigenvalue weighted by molar-refractivity contribution is 7.85. The molecule has 4 N–H and O–H groups in total. The first-order chi connectivity index (χ1) is 9.30. The van der Waals surface area contributed by atoms with E-state index in [-0.39, 0.29) is 5.91 Å². The van der Waals surface area contributed by atoms with Gasteiger partial charge in [-0.3, -0.25) is 14.1 Å². The minimum Gasteiger partial charge on any atom is -0.366 e. The Balaban J connectivity index is 0. The molecule has 21 heavy (non-hydrogen) atoms. The molecule has 0 aromatic carbocycles. The van der Waals surface area contributed by atoms with Crippen LogP contribution in [0.5, 0.6) is 0 Å². The number of unbranched alkanes of at least 4 members (excludes halogenated alkanes) is 1. The molecule has 0 aromatic rings. The highest BCUT2D eigenvalue weighted by Gasteiger charge is 2.26. The van der Waals surface area contributed by atoms with Crippen molar-refractivity contribution in [3.63, 3.8) is 0 Å². The molecular formula is C13H26N2O5S. The molecule has 0 aliphatic heterocycles. The maximum absolute atomic E-state index is 11.3. The molecule has 0 spiro atoms. The van der Waals surface area contributed by atoms with Crippen LogP contribution in [-0.4, -0.2) is 36.1 Å². The van der Waals surface area contributed by atoms with Crippen LogP contribution in [0, 0.1) is 0 Å². The predicted molar refractivity (Wildman–Crippen MR) is 82.2 cm³/mol. The van der Waals surface area contributed by atoms with Crippen LogP contribution in [0.4, 0.5) is 0 Å². The Hall–Kier alpha value is -1.41. The first-order valence-corrected chi connectivity index (χ1v) is 8.13. The summed E-state index contributed by atoms with van der Waals surface area (Å²) in [6.07, 6.45) is 2.06. The third-order valence-corrected chi connectivity index (χ3v) is 3.29. The third-order valence-electron chi connectivity index (χ3n) is 2.20. The van der Waals surface area contributed by atoms with Gasteiger partial charge in [-0.2, -0.15) is 8.42 Å². The summed E-state index contributed by atoms with van der Waals surface area (Å²) in [6.45, 7) is 9.94. The summed E-state index contributed by atoms with van der Waals surface area (Å²) in [5.41, 5.74) is 4.16. The largest absolute Gasteiger partial charge is 0.366 e. The van der Waals surface area contributed by atoms with Gasteiger partial charge in [0, 0.05) is 12.0 Å². The van der Waals surface area contributed by atoms with Crippen molar-refractivity contribution in [2.24, 2.45) is 5.73 Å². The van der Waals surface area contributed by atoms with E-state index in [0.717, 1.165) is 12.8 Å². The zero-order valence-electron chi connectivity index (χ0n) is 13.1. The highest BCUT2D eigenvalue weighted by atomic mass is 32.2. The quantitative estimate of drug-likeness (QED) is 0.476. The molecule has 0 unspecified atom stereocenters. The molecule has 0 saturated heterocycles. The zero-order valence-corrected chi connectivity index (χ0v) is 13.9. The van der Waals surface area contributed by atoms with E-state index in [1.807, 2.05) is 6.92 Å². The molecule has 124 valence electrons. The van der Waals surface area contributed by atoms with E-state index in [1.54, 1.807) is 20.8 Å². The van der Waals surface area contributed by atoms with Gasteiger partial charge in [0.05, 0.1) is 11.3 Å². The summed E-state index contributed by atoms with van der Waals surface area (Å²) in [6, 6.07) is 0. The summed E-state index contributed by atoms with van der Waals surface area (Å²) in [4.78, 5) is 21.1. The summed E-state index contributed by atoms with van der Waals surface area (Å²) >= 11 is 0. The van der Waals surface area contributed by atoms with E-state index < -0.39 is 27.3 Å². The van der Waals surface area contributed by atoms with Gasteiger partial charge >= 0.3 is 0 Å². The predicted octanol–water partition coefficient (Wildman–Crippen LogP) is 1.01. The van der Waals surface area contributed by atoms with Crippen LogP contribution in [0.15, 0.2) is 12.2 Å². The standard InChI is InChI=1S/C9H19NO4S.C4H7NO/c1-4-5-6-8(11)10-9(2,3)7-15(12,13)14;1-3(2)4(5)6/h4-7H2,1-3H3,(H,10,11)(H,12,13,14);1H2,2H3,(H2,5,6). The Morgan fingerprint density at radius 2 is 1.76 bits per heavy atom. The molecule has 0 heterocycles. The number of carbonyl (C=O) groups is 2. The minimum absolute atomic E-state index is 0.189. The van der Waals surface area contributed by atoms with Crippen molar-refractivity contribution in [1.29, 1.82) is 0 Å². The lowest BCUT2D eigenvalue weighted by Crippen LogP contribution is -2.48. The van der Waals surface area contributed by atoms with E-state index in [4.69, 9.17) is 10.3 Å². The second-order valence-corrected chi connectivity index (χ2v) is 6.86. The molecule has 0 aliphatic carbocycles. The highest BCUT2D eigenvalue weighted by Crippen LogP contribution is 2.07. The normalized spacial score (nSPS) is 11.1. The van der Waals surface area contributed by atoms with Gasteiger partial charge in [-0.1, -0.05) is 19.9 Å². The Labute approximate surface area is 126 Å². The lowest BCUT2D eigenvalue weighted by atomic mass is 10.1. The van der Waals surface area contributed by atoms with Gasteiger partial charge in [0.1, 0.15) is 0 Å². The SMILES string of the molecule is C=C(C)C(N)=O.CCCCC(=O)NC(C)(C)CS(=O)(=O)O. The molecule has 8 heteroatoms. The first kappa shape index (κ1) is 21.9. The van der Waals surface area contributed by atoms with Gasteiger partial charge in [0.15, 0.2) is 0 Å². The summed E-state index contributed by atoms with van der Waals surface area (Å²) in [7, 11) is -4.06. The van der Waals surface area contributed by atoms with Gasteiger partial charge in [-0.05, 0) is 27.2 Å². The smallest absolute Gasteiger partial charge is 0.267 e. The van der Waals surface area contributed by atoms with Crippen LogP contribution >= 0.6 is 0 Å². The maximum atomic E-state index is 11.3. The Morgan fingerprint density at radius 1 is 1.33 bits per heavy atom. The van der Waals surface area contributed by atoms with Crippen LogP contribution in [0.1, 0.15) is 47.0 Å². The zero-order chi connectivity index (χ0) is 17.3. The fourth-order valence-electron chi connectivity index (χ4n) is 1.27. The molecule has 2 amide bonds. The van der Waals surface area contributed by atoms with Crippen molar-refractivity contribution in [2.45, 2.75) is 52.5 Å². The number of hydrogen-bond acceptors (Lipinski definition) is 4. The Kier molecular flexibility index (Phi) is 9.91. The number of carbonyl (C=O) groups excluding carboxylic acids is 2. The molecule has 7 nitrogen and oxygen atoms in total. The van der Waals surface area contributed by atoms with E-state index in [0.29, 0.717) is 12.0 Å². The van der Waals surface area contributed by atoms with Gasteiger partial charge in [-0.25, -0.2) is 0 Å². The van der Waals surface area contributed by atoms with Gasteiger partial charge in [0.25, 0.3) is 10.1 Å². The molecule has 0 aromatic heterocycles. The molecule has 0 radical (unpaired) electrons. The van der Waals surface area contributed by atoms with Crippen LogP contribution in [0.2, 0.25) is 0 Å². The van der Waals surface area contributed by atoms with E-state index in [2.05, 4.69) is 11.9 Å². The fraction of sp³-hybridized carbons (Fsp3) is 0.692. The van der Waals surface area contributed by atoms with Gasteiger partial charge < -0.3 is 11.1 Å². The number of amides is 2. The Morgan fingerprint density at radius 3 is 2.05 bits per heavy atom. The van der Waals surface area contributed by atoms with E-state index in [9.17, 15) is 18.0 Å². The molecule has 0 fully saturated rings. The van der Waals surface area contributed by atoms with Crippen molar-refractivity contribution in [2.75, 3.05) is 5.75 Å². The molecule has 0 atom stereocenters. The van der Waals surface area contributed by atoms with Crippen molar-refractivity contribution in [1.82, 2.24) is 5.32 Å². The monoisotopic (exact) mass is 322 g/mol. The van der Waals surface area contributed by atoms with Crippen molar-refractivity contribution < 1.29 is 22.6 Å². The van der Waals surface area contributed by atoms with Crippen LogP contribution in [0.25, 0.3) is 0 Å². The minimum atomic E-state index is -4.06. The first-order valence-electron chi connectivity index (χ1n) is 6.52. The fourth-order valence-corrected chi connectivity index (χ4v) is 2.25. The Bertz CT molecular complexity index is 457. The second-order valence-electron chi connectivity index (χ2n) is 5.41. The molecule has 0 bridgehead atoms. The molecule has 0 rings (SSSR count). The summed E-state index contributed by atoms with van der Waals surface area (Å²) < 4.78 is 30.0. The van der Waals surface area contributed by atoms with Crippen LogP contribution in [-0.2, 0) is 19.7 Å². The van der Waals surface area contributed by atoms with Crippen LogP contribution < -0.4 is 11.1 Å². The lowest BCUT2D eigenvalue weighted by Gasteiger charge is -2.24. The second kappa shape index (κ2) is 9.51. The molecular weight excluding hydrogens is 296 g/mol. The topological polar surface area (TPSA) is 127 Å². The average molecular weight is 322 g/mol. The number of nitrogens with two attached hydrogens (primary N) is 1. The summed E-state index contributed by atoms with van der Waals surface area (Å²) in [5, 5.41) is 2.57. The van der Waals surface area contributed by atoms with Crippen molar-refractivity contribution in [3.05, 3.63) is 12.2 Å². The van der Waals surface area contributed by atoms with Gasteiger partial charge in [0.2, 0.25) is 11.8 Å². The number of rotatable bonds is 7. The summed E-state index contributed by atoms with van der Waals surface area (Å²) in [5.74, 6) is -1.10. The maximum Gasteiger partial charge on any atom is 0.267 e.